The van der Waals surface area contributed by atoms with Gasteiger partial charge in [-0.2, -0.15) is 0 Å². The normalized spacial score (nSPS) is 16.3. The fraction of sp³-hybridized carbons (Fsp3) is 0.316. The maximum Gasteiger partial charge on any atom is 0.241 e. The highest BCUT2D eigenvalue weighted by Crippen LogP contribution is 2.30. The van der Waals surface area contributed by atoms with Crippen molar-refractivity contribution in [1.29, 1.82) is 0 Å². The van der Waals surface area contributed by atoms with Crippen molar-refractivity contribution in [3.05, 3.63) is 52.5 Å². The summed E-state index contributed by atoms with van der Waals surface area (Å²) in [5.74, 6) is 0.135. The molecule has 1 saturated heterocycles. The summed E-state index contributed by atoms with van der Waals surface area (Å²) in [4.78, 5) is 16.8. The Morgan fingerprint density at radius 1 is 1.04 bits per heavy atom. The van der Waals surface area contributed by atoms with E-state index >= 15 is 0 Å². The van der Waals surface area contributed by atoms with Crippen LogP contribution in [0.5, 0.6) is 5.75 Å². The number of phenols is 1. The summed E-state index contributed by atoms with van der Waals surface area (Å²) >= 11 is 12.2. The molecule has 2 aromatic carbocycles. The van der Waals surface area contributed by atoms with Gasteiger partial charge in [0.2, 0.25) is 5.91 Å². The lowest BCUT2D eigenvalue weighted by Crippen LogP contribution is -2.52. The average molecular weight is 394 g/mol. The van der Waals surface area contributed by atoms with Crippen LogP contribution in [0.1, 0.15) is 6.92 Å². The number of piperazine rings is 1. The Bertz CT molecular complexity index is 772. The maximum atomic E-state index is 12.6. The Balaban J connectivity index is 1.60. The molecule has 5 nitrogen and oxygen atoms in total. The van der Waals surface area contributed by atoms with Gasteiger partial charge in [-0.15, -0.1) is 0 Å². The highest BCUT2D eigenvalue weighted by Gasteiger charge is 2.27. The SMILES string of the molecule is C[C@@H](C(=O)Nc1c(Cl)cccc1Cl)N1CCN(c2ccccc2O)CC1. The van der Waals surface area contributed by atoms with Crippen molar-refractivity contribution in [3.8, 4) is 5.75 Å². The molecule has 0 aliphatic carbocycles. The third-order valence-electron chi connectivity index (χ3n) is 4.67. The number of hydrogen-bond donors (Lipinski definition) is 2. The Morgan fingerprint density at radius 3 is 2.27 bits per heavy atom. The quantitative estimate of drug-likeness (QED) is 0.827. The summed E-state index contributed by atoms with van der Waals surface area (Å²) in [6.07, 6.45) is 0. The summed E-state index contributed by atoms with van der Waals surface area (Å²) in [6.45, 7) is 4.79. The number of para-hydroxylation sites is 3. The van der Waals surface area contributed by atoms with E-state index in [-0.39, 0.29) is 17.7 Å². The summed E-state index contributed by atoms with van der Waals surface area (Å²) in [6, 6.07) is 12.1. The molecule has 2 aromatic rings. The molecular weight excluding hydrogens is 373 g/mol. The third kappa shape index (κ3) is 4.06. The van der Waals surface area contributed by atoms with Gasteiger partial charge in [0, 0.05) is 26.2 Å². The van der Waals surface area contributed by atoms with Crippen LogP contribution in [0.15, 0.2) is 42.5 Å². The van der Waals surface area contributed by atoms with Crippen molar-refractivity contribution in [2.24, 2.45) is 0 Å². The summed E-state index contributed by atoms with van der Waals surface area (Å²) < 4.78 is 0. The number of carbonyl (C=O) groups is 1. The molecule has 2 N–H and O–H groups in total. The van der Waals surface area contributed by atoms with Gasteiger partial charge in [0.05, 0.1) is 27.5 Å². The molecule has 0 radical (unpaired) electrons. The van der Waals surface area contributed by atoms with Crippen LogP contribution in [-0.2, 0) is 4.79 Å². The monoisotopic (exact) mass is 393 g/mol. The lowest BCUT2D eigenvalue weighted by Gasteiger charge is -2.38. The van der Waals surface area contributed by atoms with Gasteiger partial charge in [0.25, 0.3) is 0 Å². The largest absolute Gasteiger partial charge is 0.506 e. The summed E-state index contributed by atoms with van der Waals surface area (Å²) in [7, 11) is 0. The van der Waals surface area contributed by atoms with E-state index in [9.17, 15) is 9.90 Å². The zero-order valence-electron chi connectivity index (χ0n) is 14.5. The van der Waals surface area contributed by atoms with Crippen molar-refractivity contribution in [2.45, 2.75) is 13.0 Å². The Morgan fingerprint density at radius 2 is 1.65 bits per heavy atom. The fourth-order valence-corrected chi connectivity index (χ4v) is 3.58. The van der Waals surface area contributed by atoms with Crippen LogP contribution >= 0.6 is 23.2 Å². The Hall–Kier alpha value is -1.95. The first-order valence-electron chi connectivity index (χ1n) is 8.49. The number of nitrogens with one attached hydrogen (secondary N) is 1. The van der Waals surface area contributed by atoms with Gasteiger partial charge in [-0.3, -0.25) is 9.69 Å². The molecule has 138 valence electrons. The first-order valence-corrected chi connectivity index (χ1v) is 9.25. The zero-order valence-corrected chi connectivity index (χ0v) is 16.0. The molecular formula is C19H21Cl2N3O2. The second-order valence-electron chi connectivity index (χ2n) is 6.27. The summed E-state index contributed by atoms with van der Waals surface area (Å²) in [5, 5.41) is 13.7. The summed E-state index contributed by atoms with van der Waals surface area (Å²) in [5.41, 5.74) is 1.27. The van der Waals surface area contributed by atoms with Gasteiger partial charge in [0.1, 0.15) is 5.75 Å². The number of hydrogen-bond acceptors (Lipinski definition) is 4. The average Bonchev–Trinajstić information content (AvgIpc) is 2.65. The van der Waals surface area contributed by atoms with E-state index < -0.39 is 0 Å². The first-order chi connectivity index (χ1) is 12.5. The second kappa shape index (κ2) is 8.16. The molecule has 1 heterocycles. The second-order valence-corrected chi connectivity index (χ2v) is 7.09. The van der Waals surface area contributed by atoms with Gasteiger partial charge in [-0.05, 0) is 31.2 Å². The number of halogens is 2. The predicted molar refractivity (Wildman–Crippen MR) is 106 cm³/mol. The number of carbonyl (C=O) groups excluding carboxylic acids is 1. The first kappa shape index (κ1) is 18.8. The van der Waals surface area contributed by atoms with Crippen molar-refractivity contribution in [1.82, 2.24) is 4.90 Å². The standard InChI is InChI=1S/C19H21Cl2N3O2/c1-13(19(26)22-18-14(20)5-4-6-15(18)21)23-9-11-24(12-10-23)16-7-2-3-8-17(16)25/h2-8,13,25H,9-12H2,1H3,(H,22,26)/t13-/m0/s1. The molecule has 0 unspecified atom stereocenters. The van der Waals surface area contributed by atoms with Gasteiger partial charge in [-0.1, -0.05) is 41.4 Å². The van der Waals surface area contributed by atoms with Crippen LogP contribution in [0.4, 0.5) is 11.4 Å². The molecule has 26 heavy (non-hydrogen) atoms. The van der Waals surface area contributed by atoms with E-state index in [1.54, 1.807) is 30.3 Å². The number of nitrogens with zero attached hydrogens (tertiary/aromatic N) is 2. The van der Waals surface area contributed by atoms with Gasteiger partial charge < -0.3 is 15.3 Å². The van der Waals surface area contributed by atoms with Crippen molar-refractivity contribution in [2.75, 3.05) is 36.4 Å². The Kier molecular flexibility index (Phi) is 5.91. The molecule has 1 atom stereocenters. The van der Waals surface area contributed by atoms with Crippen LogP contribution < -0.4 is 10.2 Å². The molecule has 1 aliphatic rings. The van der Waals surface area contributed by atoms with E-state index in [0.717, 1.165) is 31.9 Å². The molecule has 1 aliphatic heterocycles. The highest BCUT2D eigenvalue weighted by molar-refractivity contribution is 6.39. The molecule has 3 rings (SSSR count). The zero-order chi connectivity index (χ0) is 18.7. The fourth-order valence-electron chi connectivity index (χ4n) is 3.09. The minimum Gasteiger partial charge on any atom is -0.506 e. The molecule has 0 bridgehead atoms. The van der Waals surface area contributed by atoms with Crippen molar-refractivity contribution in [3.63, 3.8) is 0 Å². The number of benzene rings is 2. The number of anilines is 2. The highest BCUT2D eigenvalue weighted by atomic mass is 35.5. The molecule has 0 aromatic heterocycles. The maximum absolute atomic E-state index is 12.6. The third-order valence-corrected chi connectivity index (χ3v) is 5.30. The van der Waals surface area contributed by atoms with E-state index in [4.69, 9.17) is 23.2 Å². The van der Waals surface area contributed by atoms with Crippen LogP contribution in [-0.4, -0.2) is 48.1 Å². The van der Waals surface area contributed by atoms with Crippen LogP contribution in [0, 0.1) is 0 Å². The number of phenolic OH excluding ortho intramolecular Hbond substituents is 1. The van der Waals surface area contributed by atoms with Crippen molar-refractivity contribution >= 4 is 40.5 Å². The van der Waals surface area contributed by atoms with E-state index in [0.29, 0.717) is 15.7 Å². The number of amides is 1. The number of rotatable bonds is 4. The molecule has 7 heteroatoms. The van der Waals surface area contributed by atoms with Crippen LogP contribution in [0.2, 0.25) is 10.0 Å². The molecule has 1 fully saturated rings. The predicted octanol–water partition coefficient (Wildman–Crippen LogP) is 3.85. The molecule has 1 amide bonds. The number of aromatic hydroxyl groups is 1. The minimum atomic E-state index is -0.311. The molecule has 0 spiro atoms. The van der Waals surface area contributed by atoms with Gasteiger partial charge in [0.15, 0.2) is 0 Å². The topological polar surface area (TPSA) is 55.8 Å². The van der Waals surface area contributed by atoms with Gasteiger partial charge >= 0.3 is 0 Å². The lowest BCUT2D eigenvalue weighted by atomic mass is 10.2. The van der Waals surface area contributed by atoms with Gasteiger partial charge in [-0.25, -0.2) is 0 Å². The van der Waals surface area contributed by atoms with E-state index in [1.165, 1.54) is 0 Å². The van der Waals surface area contributed by atoms with E-state index in [2.05, 4.69) is 15.1 Å². The minimum absolute atomic E-state index is 0.143. The Labute approximate surface area is 163 Å². The van der Waals surface area contributed by atoms with Crippen molar-refractivity contribution < 1.29 is 9.90 Å². The van der Waals surface area contributed by atoms with Crippen LogP contribution in [0.25, 0.3) is 0 Å². The lowest BCUT2D eigenvalue weighted by molar-refractivity contribution is -0.120. The van der Waals surface area contributed by atoms with Crippen LogP contribution in [0.3, 0.4) is 0 Å². The smallest absolute Gasteiger partial charge is 0.241 e. The van der Waals surface area contributed by atoms with E-state index in [1.807, 2.05) is 19.1 Å². The molecule has 0 saturated carbocycles.